The van der Waals surface area contributed by atoms with Gasteiger partial charge in [-0.25, -0.2) is 0 Å². The van der Waals surface area contributed by atoms with E-state index in [0.29, 0.717) is 19.6 Å². The summed E-state index contributed by atoms with van der Waals surface area (Å²) in [6.07, 6.45) is 0.358. The van der Waals surface area contributed by atoms with Crippen LogP contribution in [0.15, 0.2) is 30.3 Å². The first-order valence-corrected chi connectivity index (χ1v) is 7.01. The Morgan fingerprint density at radius 3 is 2.62 bits per heavy atom. The van der Waals surface area contributed by atoms with Gasteiger partial charge in [0.2, 0.25) is 5.91 Å². The molecule has 0 saturated heterocycles. The molecule has 0 aliphatic rings. The van der Waals surface area contributed by atoms with Crippen LogP contribution in [0.3, 0.4) is 0 Å². The lowest BCUT2D eigenvalue weighted by Crippen LogP contribution is -2.29. The van der Waals surface area contributed by atoms with Crippen molar-refractivity contribution in [2.75, 3.05) is 13.2 Å². The molecule has 0 aliphatic carbocycles. The summed E-state index contributed by atoms with van der Waals surface area (Å²) >= 11 is 0. The van der Waals surface area contributed by atoms with Crippen molar-refractivity contribution in [2.45, 2.75) is 20.3 Å². The van der Waals surface area contributed by atoms with Gasteiger partial charge in [0.15, 0.2) is 0 Å². The van der Waals surface area contributed by atoms with Crippen LogP contribution in [0, 0.1) is 13.8 Å². The summed E-state index contributed by atoms with van der Waals surface area (Å²) < 4.78 is 7.33. The molecule has 0 spiro atoms. The van der Waals surface area contributed by atoms with Crippen molar-refractivity contribution in [3.63, 3.8) is 0 Å². The number of nitrogens with one attached hydrogen (secondary N) is 1. The lowest BCUT2D eigenvalue weighted by Gasteiger charge is -2.08. The first-order valence-electron chi connectivity index (χ1n) is 7.01. The fourth-order valence-electron chi connectivity index (χ4n) is 2.17. The molecule has 112 valence electrons. The van der Waals surface area contributed by atoms with Crippen molar-refractivity contribution in [3.8, 4) is 5.75 Å². The van der Waals surface area contributed by atoms with Gasteiger partial charge in [-0.05, 0) is 26.0 Å². The van der Waals surface area contributed by atoms with Gasteiger partial charge in [0, 0.05) is 18.3 Å². The summed E-state index contributed by atoms with van der Waals surface area (Å²) in [6.45, 7) is 4.85. The number of nitrogens with zero attached hydrogens (tertiary/aromatic N) is 2. The summed E-state index contributed by atoms with van der Waals surface area (Å²) in [4.78, 5) is 11.9. The maximum absolute atomic E-state index is 11.9. The third-order valence-corrected chi connectivity index (χ3v) is 3.43. The van der Waals surface area contributed by atoms with Gasteiger partial charge >= 0.3 is 0 Å². The number of amides is 1. The van der Waals surface area contributed by atoms with Crippen LogP contribution in [0.1, 0.15) is 17.0 Å². The number of hydrogen-bond acceptors (Lipinski definition) is 3. The van der Waals surface area contributed by atoms with E-state index in [4.69, 9.17) is 4.74 Å². The molecular formula is C16H21N3O2. The van der Waals surface area contributed by atoms with E-state index in [0.717, 1.165) is 22.7 Å². The van der Waals surface area contributed by atoms with Crippen LogP contribution in [0.5, 0.6) is 5.75 Å². The molecule has 0 saturated carbocycles. The first-order chi connectivity index (χ1) is 10.1. The normalized spacial score (nSPS) is 10.4. The second-order valence-corrected chi connectivity index (χ2v) is 4.96. The number of benzene rings is 1. The number of carbonyl (C=O) groups is 1. The Kier molecular flexibility index (Phi) is 4.98. The lowest BCUT2D eigenvalue weighted by molar-refractivity contribution is -0.120. The Bertz CT molecular complexity index is 605. The number of hydrogen-bond donors (Lipinski definition) is 1. The highest BCUT2D eigenvalue weighted by molar-refractivity contribution is 5.79. The summed E-state index contributed by atoms with van der Waals surface area (Å²) in [7, 11) is 1.89. The van der Waals surface area contributed by atoms with Gasteiger partial charge in [0.05, 0.1) is 18.7 Å². The molecule has 5 heteroatoms. The Morgan fingerprint density at radius 1 is 1.29 bits per heavy atom. The van der Waals surface area contributed by atoms with Crippen molar-refractivity contribution in [3.05, 3.63) is 47.3 Å². The average molecular weight is 287 g/mol. The summed E-state index contributed by atoms with van der Waals surface area (Å²) in [6, 6.07) is 9.56. The minimum absolute atomic E-state index is 0.00846. The second-order valence-electron chi connectivity index (χ2n) is 4.96. The monoisotopic (exact) mass is 287 g/mol. The number of rotatable bonds is 6. The fourth-order valence-corrected chi connectivity index (χ4v) is 2.17. The van der Waals surface area contributed by atoms with Gasteiger partial charge < -0.3 is 10.1 Å². The smallest absolute Gasteiger partial charge is 0.224 e. The maximum atomic E-state index is 11.9. The van der Waals surface area contributed by atoms with Gasteiger partial charge in [-0.1, -0.05) is 18.2 Å². The van der Waals surface area contributed by atoms with E-state index in [1.807, 2.05) is 51.2 Å². The van der Waals surface area contributed by atoms with E-state index in [1.54, 1.807) is 4.68 Å². The van der Waals surface area contributed by atoms with Gasteiger partial charge in [0.25, 0.3) is 0 Å². The Labute approximate surface area is 124 Å². The molecule has 21 heavy (non-hydrogen) atoms. The second kappa shape index (κ2) is 6.92. The van der Waals surface area contributed by atoms with E-state index < -0.39 is 0 Å². The van der Waals surface area contributed by atoms with Crippen LogP contribution in [0.2, 0.25) is 0 Å². The molecule has 2 rings (SSSR count). The van der Waals surface area contributed by atoms with Gasteiger partial charge in [-0.2, -0.15) is 5.10 Å². The fraction of sp³-hybridized carbons (Fsp3) is 0.375. The number of carbonyl (C=O) groups excluding carboxylic acids is 1. The topological polar surface area (TPSA) is 56.2 Å². The van der Waals surface area contributed by atoms with Crippen LogP contribution >= 0.6 is 0 Å². The van der Waals surface area contributed by atoms with Crippen molar-refractivity contribution < 1.29 is 9.53 Å². The maximum Gasteiger partial charge on any atom is 0.224 e. The van der Waals surface area contributed by atoms with E-state index in [-0.39, 0.29) is 5.91 Å². The summed E-state index contributed by atoms with van der Waals surface area (Å²) in [5, 5.41) is 7.18. The van der Waals surface area contributed by atoms with Crippen molar-refractivity contribution in [1.29, 1.82) is 0 Å². The van der Waals surface area contributed by atoms with E-state index in [9.17, 15) is 4.79 Å². The van der Waals surface area contributed by atoms with Crippen molar-refractivity contribution in [2.24, 2.45) is 7.05 Å². The van der Waals surface area contributed by atoms with Gasteiger partial charge in [-0.15, -0.1) is 0 Å². The molecule has 0 fully saturated rings. The molecule has 0 unspecified atom stereocenters. The molecule has 1 amide bonds. The average Bonchev–Trinajstić information content (AvgIpc) is 2.71. The van der Waals surface area contributed by atoms with Crippen molar-refractivity contribution in [1.82, 2.24) is 15.1 Å². The summed E-state index contributed by atoms with van der Waals surface area (Å²) in [5.41, 5.74) is 2.94. The molecular weight excluding hydrogens is 266 g/mol. The molecule has 0 bridgehead atoms. The minimum Gasteiger partial charge on any atom is -0.492 e. The highest BCUT2D eigenvalue weighted by Gasteiger charge is 2.12. The number of aryl methyl sites for hydroxylation is 2. The Hall–Kier alpha value is -2.30. The molecule has 1 N–H and O–H groups in total. The standard InChI is InChI=1S/C16H21N3O2/c1-12-15(13(2)19(3)18-12)11-16(20)17-9-10-21-14-7-5-4-6-8-14/h4-8H,9-11H2,1-3H3,(H,17,20). The van der Waals surface area contributed by atoms with Crippen LogP contribution in [0.4, 0.5) is 0 Å². The lowest BCUT2D eigenvalue weighted by atomic mass is 10.1. The quantitative estimate of drug-likeness (QED) is 0.824. The zero-order chi connectivity index (χ0) is 15.2. The zero-order valence-corrected chi connectivity index (χ0v) is 12.7. The molecule has 0 aliphatic heterocycles. The first kappa shape index (κ1) is 15.1. The van der Waals surface area contributed by atoms with Crippen LogP contribution in [-0.2, 0) is 18.3 Å². The predicted octanol–water partition coefficient (Wildman–Crippen LogP) is 1.77. The molecule has 5 nitrogen and oxygen atoms in total. The largest absolute Gasteiger partial charge is 0.492 e. The highest BCUT2D eigenvalue weighted by atomic mass is 16.5. The SMILES string of the molecule is Cc1nn(C)c(C)c1CC(=O)NCCOc1ccccc1. The molecule has 1 aromatic carbocycles. The van der Waals surface area contributed by atoms with Crippen LogP contribution < -0.4 is 10.1 Å². The predicted molar refractivity (Wildman–Crippen MR) is 81.3 cm³/mol. The molecule has 0 radical (unpaired) electrons. The van der Waals surface area contributed by atoms with E-state index >= 15 is 0 Å². The third-order valence-electron chi connectivity index (χ3n) is 3.43. The molecule has 1 heterocycles. The highest BCUT2D eigenvalue weighted by Crippen LogP contribution is 2.12. The Morgan fingerprint density at radius 2 is 2.00 bits per heavy atom. The molecule has 2 aromatic rings. The van der Waals surface area contributed by atoms with Gasteiger partial charge in [0.1, 0.15) is 12.4 Å². The third kappa shape index (κ3) is 4.08. The number of aromatic nitrogens is 2. The molecule has 0 atom stereocenters. The van der Waals surface area contributed by atoms with Gasteiger partial charge in [-0.3, -0.25) is 9.48 Å². The number of para-hydroxylation sites is 1. The molecule has 1 aromatic heterocycles. The van der Waals surface area contributed by atoms with E-state index in [2.05, 4.69) is 10.4 Å². The van der Waals surface area contributed by atoms with Crippen LogP contribution in [0.25, 0.3) is 0 Å². The minimum atomic E-state index is -0.00846. The summed E-state index contributed by atoms with van der Waals surface area (Å²) in [5.74, 6) is 0.802. The Balaban J connectivity index is 1.75. The zero-order valence-electron chi connectivity index (χ0n) is 12.7. The van der Waals surface area contributed by atoms with Crippen LogP contribution in [-0.4, -0.2) is 28.8 Å². The number of ether oxygens (including phenoxy) is 1. The van der Waals surface area contributed by atoms with Crippen molar-refractivity contribution >= 4 is 5.91 Å². The van der Waals surface area contributed by atoms with E-state index in [1.165, 1.54) is 0 Å².